The molecule has 1 saturated heterocycles. The molecule has 26 heavy (non-hydrogen) atoms. The first-order valence-corrected chi connectivity index (χ1v) is 7.11. The van der Waals surface area contributed by atoms with Crippen LogP contribution in [0.3, 0.4) is 0 Å². The average molecular weight is 386 g/mol. The van der Waals surface area contributed by atoms with Gasteiger partial charge in [-0.25, -0.2) is 4.98 Å². The summed E-state index contributed by atoms with van der Waals surface area (Å²) >= 11 is 0. The quantitative estimate of drug-likeness (QED) is 0.805. The Morgan fingerprint density at radius 1 is 1.27 bits per heavy atom. The van der Waals surface area contributed by atoms with E-state index in [1.54, 1.807) is 0 Å². The second kappa shape index (κ2) is 6.65. The van der Waals surface area contributed by atoms with Gasteiger partial charge in [-0.3, -0.25) is 9.59 Å². The van der Waals surface area contributed by atoms with E-state index in [2.05, 4.69) is 9.72 Å². The molecule has 0 saturated carbocycles. The first-order valence-electron chi connectivity index (χ1n) is 7.11. The minimum atomic E-state index is -5.06. The van der Waals surface area contributed by atoms with Crippen LogP contribution < -0.4 is 4.74 Å². The third-order valence-corrected chi connectivity index (χ3v) is 3.87. The van der Waals surface area contributed by atoms with Crippen LogP contribution in [0.2, 0.25) is 0 Å². The van der Waals surface area contributed by atoms with E-state index in [1.807, 2.05) is 0 Å². The first kappa shape index (κ1) is 19.8. The zero-order chi connectivity index (χ0) is 19.8. The lowest BCUT2D eigenvalue weighted by Gasteiger charge is -2.27. The molecule has 1 N–H and O–H groups in total. The Kier molecular flexibility index (Phi) is 5.06. The Morgan fingerprint density at radius 2 is 1.92 bits per heavy atom. The van der Waals surface area contributed by atoms with Crippen LogP contribution in [0.25, 0.3) is 0 Å². The molecule has 2 heterocycles. The fourth-order valence-electron chi connectivity index (χ4n) is 2.47. The number of nitrogens with zero attached hydrogens (tertiary/aromatic N) is 2. The number of carbonyl (C=O) groups is 2. The molecule has 1 aliphatic heterocycles. The molecule has 1 amide bonds. The number of alkyl halides is 6. The minimum Gasteiger partial charge on any atom is -0.481 e. The fourth-order valence-corrected chi connectivity index (χ4v) is 2.47. The van der Waals surface area contributed by atoms with Crippen LogP contribution >= 0.6 is 0 Å². The van der Waals surface area contributed by atoms with Crippen molar-refractivity contribution in [3.8, 4) is 5.88 Å². The van der Waals surface area contributed by atoms with Crippen LogP contribution in [0, 0.1) is 5.41 Å². The van der Waals surface area contributed by atoms with Crippen LogP contribution in [0.1, 0.15) is 16.8 Å². The Hall–Kier alpha value is -2.53. The molecule has 1 aromatic rings. The molecule has 144 valence electrons. The highest BCUT2D eigenvalue weighted by molar-refractivity contribution is 5.95. The molecule has 6 nitrogen and oxygen atoms in total. The van der Waals surface area contributed by atoms with E-state index in [1.165, 1.54) is 0 Å². The van der Waals surface area contributed by atoms with Crippen molar-refractivity contribution >= 4 is 11.9 Å². The van der Waals surface area contributed by atoms with E-state index in [0.29, 0.717) is 4.90 Å². The number of carbonyl (C=O) groups excluding carboxylic acids is 1. The van der Waals surface area contributed by atoms with Crippen LogP contribution in [0.4, 0.5) is 26.3 Å². The normalized spacial score (nSPS) is 20.9. The summed E-state index contributed by atoms with van der Waals surface area (Å²) in [6.07, 6.45) is -9.55. The average Bonchev–Trinajstić information content (AvgIpc) is 2.98. The van der Waals surface area contributed by atoms with Gasteiger partial charge < -0.3 is 14.7 Å². The molecule has 0 spiro atoms. The Labute approximate surface area is 142 Å². The van der Waals surface area contributed by atoms with E-state index in [0.717, 1.165) is 18.3 Å². The van der Waals surface area contributed by atoms with Crippen molar-refractivity contribution in [1.29, 1.82) is 0 Å². The predicted molar refractivity (Wildman–Crippen MR) is 72.4 cm³/mol. The summed E-state index contributed by atoms with van der Waals surface area (Å²) in [5.74, 6) is -3.59. The standard InChI is InChI=1S/C14H12F6N2O4/c15-13(16,17)7-26-9-5-8(1-3-21-9)10(23)22-4-2-12(6-22,11(24)25)14(18,19)20/h1,3,5H,2,4,6-7H2,(H,24,25). The smallest absolute Gasteiger partial charge is 0.422 e. The highest BCUT2D eigenvalue weighted by Crippen LogP contribution is 2.46. The molecule has 0 aromatic carbocycles. The van der Waals surface area contributed by atoms with Crippen molar-refractivity contribution in [3.05, 3.63) is 23.9 Å². The SMILES string of the molecule is O=C(c1ccnc(OCC(F)(F)F)c1)N1CCC(C(=O)O)(C(F)(F)F)C1. The number of pyridine rings is 1. The predicted octanol–water partition coefficient (Wildman–Crippen LogP) is 2.50. The first-order chi connectivity index (χ1) is 11.9. The molecule has 1 aromatic heterocycles. The lowest BCUT2D eigenvalue weighted by atomic mass is 9.86. The Balaban J connectivity index is 2.16. The molecule has 1 atom stereocenters. The van der Waals surface area contributed by atoms with Gasteiger partial charge in [0.15, 0.2) is 12.0 Å². The summed E-state index contributed by atoms with van der Waals surface area (Å²) in [7, 11) is 0. The van der Waals surface area contributed by atoms with Crippen molar-refractivity contribution in [1.82, 2.24) is 9.88 Å². The van der Waals surface area contributed by atoms with Gasteiger partial charge in [0.2, 0.25) is 5.88 Å². The molecular weight excluding hydrogens is 374 g/mol. The van der Waals surface area contributed by atoms with E-state index in [-0.39, 0.29) is 5.56 Å². The summed E-state index contributed by atoms with van der Waals surface area (Å²) < 4.78 is 80.1. The Morgan fingerprint density at radius 3 is 2.42 bits per heavy atom. The molecule has 0 aliphatic carbocycles. The number of hydrogen-bond acceptors (Lipinski definition) is 4. The van der Waals surface area contributed by atoms with E-state index >= 15 is 0 Å². The van der Waals surface area contributed by atoms with Gasteiger partial charge in [-0.15, -0.1) is 0 Å². The number of ether oxygens (including phenoxy) is 1. The summed E-state index contributed by atoms with van der Waals surface area (Å²) in [6.45, 7) is -3.21. The van der Waals surface area contributed by atoms with E-state index in [9.17, 15) is 35.9 Å². The lowest BCUT2D eigenvalue weighted by molar-refractivity contribution is -0.227. The van der Waals surface area contributed by atoms with Crippen molar-refractivity contribution in [2.75, 3.05) is 19.7 Å². The zero-order valence-electron chi connectivity index (χ0n) is 12.9. The number of aliphatic carboxylic acids is 1. The number of hydrogen-bond donors (Lipinski definition) is 1. The highest BCUT2D eigenvalue weighted by atomic mass is 19.4. The van der Waals surface area contributed by atoms with Crippen LogP contribution in [0.5, 0.6) is 5.88 Å². The molecular formula is C14H12F6N2O4. The van der Waals surface area contributed by atoms with Gasteiger partial charge >= 0.3 is 18.3 Å². The number of rotatable bonds is 4. The van der Waals surface area contributed by atoms with Crippen LogP contribution in [-0.2, 0) is 4.79 Å². The second-order valence-corrected chi connectivity index (χ2v) is 5.65. The van der Waals surface area contributed by atoms with Gasteiger partial charge in [0.25, 0.3) is 5.91 Å². The van der Waals surface area contributed by atoms with Gasteiger partial charge in [-0.1, -0.05) is 0 Å². The summed E-state index contributed by atoms with van der Waals surface area (Å²) in [4.78, 5) is 27.6. The fraction of sp³-hybridized carbons (Fsp3) is 0.500. The van der Waals surface area contributed by atoms with Gasteiger partial charge in [0, 0.05) is 30.9 Å². The number of carboxylic acids is 1. The van der Waals surface area contributed by atoms with Crippen molar-refractivity contribution in [2.24, 2.45) is 5.41 Å². The maximum Gasteiger partial charge on any atom is 0.422 e. The molecule has 1 unspecified atom stereocenters. The molecule has 0 radical (unpaired) electrons. The second-order valence-electron chi connectivity index (χ2n) is 5.65. The largest absolute Gasteiger partial charge is 0.481 e. The third-order valence-electron chi connectivity index (χ3n) is 3.87. The van der Waals surface area contributed by atoms with E-state index in [4.69, 9.17) is 5.11 Å². The van der Waals surface area contributed by atoms with Crippen LogP contribution in [-0.4, -0.2) is 58.9 Å². The zero-order valence-corrected chi connectivity index (χ0v) is 12.9. The van der Waals surface area contributed by atoms with Gasteiger partial charge in [-0.05, 0) is 12.5 Å². The molecule has 1 fully saturated rings. The summed E-state index contributed by atoms with van der Waals surface area (Å²) in [6, 6.07) is 1.93. The third kappa shape index (κ3) is 3.99. The number of halogens is 6. The highest BCUT2D eigenvalue weighted by Gasteiger charge is 2.64. The topological polar surface area (TPSA) is 79.7 Å². The van der Waals surface area contributed by atoms with Crippen LogP contribution in [0.15, 0.2) is 18.3 Å². The van der Waals surface area contributed by atoms with Gasteiger partial charge in [-0.2, -0.15) is 26.3 Å². The number of carboxylic acid groups (broad SMARTS) is 1. The van der Waals surface area contributed by atoms with Gasteiger partial charge in [0.1, 0.15) is 0 Å². The molecule has 1 aliphatic rings. The maximum atomic E-state index is 13.1. The number of amides is 1. The molecule has 12 heteroatoms. The monoisotopic (exact) mass is 386 g/mol. The number of likely N-dealkylation sites (tertiary alicyclic amines) is 1. The Bertz CT molecular complexity index is 705. The molecule has 2 rings (SSSR count). The van der Waals surface area contributed by atoms with Crippen molar-refractivity contribution in [3.63, 3.8) is 0 Å². The summed E-state index contributed by atoms with van der Waals surface area (Å²) in [5.41, 5.74) is -3.34. The van der Waals surface area contributed by atoms with Crippen molar-refractivity contribution < 1.29 is 45.8 Å². The lowest BCUT2D eigenvalue weighted by Crippen LogP contribution is -2.47. The maximum absolute atomic E-state index is 13.1. The summed E-state index contributed by atoms with van der Waals surface area (Å²) in [5, 5.41) is 8.97. The number of aromatic nitrogens is 1. The minimum absolute atomic E-state index is 0.263. The molecule has 0 bridgehead atoms. The van der Waals surface area contributed by atoms with Crippen molar-refractivity contribution in [2.45, 2.75) is 18.8 Å². The van der Waals surface area contributed by atoms with Gasteiger partial charge in [0.05, 0.1) is 0 Å². The van der Waals surface area contributed by atoms with E-state index < -0.39 is 61.6 Å².